The van der Waals surface area contributed by atoms with E-state index in [-0.39, 0.29) is 12.0 Å². The van der Waals surface area contributed by atoms with Gasteiger partial charge in [0.25, 0.3) is 0 Å². The third-order valence-electron chi connectivity index (χ3n) is 10.8. The maximum Gasteiger partial charge on any atom is 0.306 e. The quantitative estimate of drug-likeness (QED) is 0.142. The van der Waals surface area contributed by atoms with Gasteiger partial charge in [-0.1, -0.05) is 24.3 Å². The first-order valence-electron chi connectivity index (χ1n) is 18.4. The molecule has 0 spiro atoms. The van der Waals surface area contributed by atoms with Crippen molar-refractivity contribution in [1.29, 1.82) is 5.26 Å². The summed E-state index contributed by atoms with van der Waals surface area (Å²) in [4.78, 5) is 35.0. The van der Waals surface area contributed by atoms with E-state index in [2.05, 4.69) is 53.2 Å². The van der Waals surface area contributed by atoms with Gasteiger partial charge in [-0.2, -0.15) is 5.26 Å². The number of carbonyl (C=O) groups is 1. The topological polar surface area (TPSA) is 165 Å². The Kier molecular flexibility index (Phi) is 9.54. The van der Waals surface area contributed by atoms with Crippen LogP contribution in [0.2, 0.25) is 0 Å². The number of hydrogen-bond acceptors (Lipinski definition) is 11. The SMILES string of the molecule is Cc1nc(Nc2cccc(-c3cccc(-c4nc5cc(CN6CCC(C(=O)O)CC6)cc(C#N)c5o4)c3C)c2C)c2ncc(CN3CC[C@H](O)C3)cc2n1. The van der Waals surface area contributed by atoms with Crippen molar-refractivity contribution in [2.45, 2.75) is 59.2 Å². The minimum atomic E-state index is -0.730. The van der Waals surface area contributed by atoms with Gasteiger partial charge in [0.2, 0.25) is 5.89 Å². The molecule has 2 fully saturated rings. The lowest BCUT2D eigenvalue weighted by atomic mass is 9.93. The van der Waals surface area contributed by atoms with Crippen molar-refractivity contribution in [3.63, 3.8) is 0 Å². The lowest BCUT2D eigenvalue weighted by Gasteiger charge is -2.30. The van der Waals surface area contributed by atoms with E-state index < -0.39 is 5.97 Å². The molecule has 8 rings (SSSR count). The summed E-state index contributed by atoms with van der Waals surface area (Å²) in [6, 6.07) is 20.4. The van der Waals surface area contributed by atoms with Gasteiger partial charge in [0.1, 0.15) is 22.9 Å². The summed E-state index contributed by atoms with van der Waals surface area (Å²) in [5.41, 5.74) is 10.8. The number of carboxylic acid groups (broad SMARTS) is 1. The van der Waals surface area contributed by atoms with E-state index >= 15 is 0 Å². The van der Waals surface area contributed by atoms with E-state index in [1.807, 2.05) is 49.5 Å². The number of nitrogens with one attached hydrogen (secondary N) is 1. The van der Waals surface area contributed by atoms with Gasteiger partial charge >= 0.3 is 5.97 Å². The fraction of sp³-hybridized carbons (Fsp3) is 0.333. The van der Waals surface area contributed by atoms with Crippen LogP contribution in [0.15, 0.2) is 65.2 Å². The normalized spacial score (nSPS) is 17.0. The number of pyridine rings is 1. The van der Waals surface area contributed by atoms with Crippen LogP contribution in [-0.2, 0) is 17.9 Å². The minimum absolute atomic E-state index is 0.272. The van der Waals surface area contributed by atoms with Crippen molar-refractivity contribution in [1.82, 2.24) is 29.7 Å². The zero-order valence-corrected chi connectivity index (χ0v) is 30.6. The largest absolute Gasteiger partial charge is 0.481 e. The second kappa shape index (κ2) is 14.6. The van der Waals surface area contributed by atoms with E-state index in [0.717, 1.165) is 63.1 Å². The van der Waals surface area contributed by atoms with Crippen LogP contribution in [0.4, 0.5) is 11.5 Å². The lowest BCUT2D eigenvalue weighted by Crippen LogP contribution is -2.35. The fourth-order valence-corrected chi connectivity index (χ4v) is 7.89. The molecule has 3 aromatic heterocycles. The molecule has 2 saturated heterocycles. The number of anilines is 2. The second-order valence-electron chi connectivity index (χ2n) is 14.6. The molecule has 3 N–H and O–H groups in total. The van der Waals surface area contributed by atoms with Crippen LogP contribution in [0.1, 0.15) is 52.9 Å². The average molecular weight is 723 g/mol. The number of hydrogen-bond donors (Lipinski definition) is 3. The molecule has 0 aliphatic carbocycles. The molecule has 2 aliphatic rings. The third-order valence-corrected chi connectivity index (χ3v) is 10.8. The van der Waals surface area contributed by atoms with Crippen molar-refractivity contribution < 1.29 is 19.4 Å². The van der Waals surface area contributed by atoms with Crippen molar-refractivity contribution >= 4 is 39.6 Å². The van der Waals surface area contributed by atoms with E-state index in [0.29, 0.717) is 85.3 Å². The van der Waals surface area contributed by atoms with Crippen LogP contribution >= 0.6 is 0 Å². The molecule has 3 aromatic carbocycles. The molecule has 0 saturated carbocycles. The van der Waals surface area contributed by atoms with Crippen molar-refractivity contribution in [3.8, 4) is 28.7 Å². The highest BCUT2D eigenvalue weighted by Crippen LogP contribution is 2.38. The molecule has 0 amide bonds. The van der Waals surface area contributed by atoms with Crippen LogP contribution in [0.5, 0.6) is 0 Å². The first kappa shape index (κ1) is 35.3. The summed E-state index contributed by atoms with van der Waals surface area (Å²) in [7, 11) is 0. The van der Waals surface area contributed by atoms with Gasteiger partial charge in [-0.15, -0.1) is 0 Å². The van der Waals surface area contributed by atoms with Crippen LogP contribution in [0, 0.1) is 38.0 Å². The number of carboxylic acids is 1. The van der Waals surface area contributed by atoms with Crippen LogP contribution in [0.25, 0.3) is 44.7 Å². The number of fused-ring (bicyclic) bond motifs is 2. The molecule has 12 nitrogen and oxygen atoms in total. The molecule has 12 heteroatoms. The Balaban J connectivity index is 1.07. The summed E-state index contributed by atoms with van der Waals surface area (Å²) >= 11 is 0. The summed E-state index contributed by atoms with van der Waals surface area (Å²) in [5, 5.41) is 32.9. The third kappa shape index (κ3) is 7.01. The summed E-state index contributed by atoms with van der Waals surface area (Å²) < 4.78 is 6.31. The molecular weight excluding hydrogens is 681 g/mol. The average Bonchev–Trinajstić information content (AvgIpc) is 3.78. The first-order valence-corrected chi connectivity index (χ1v) is 18.4. The number of likely N-dealkylation sites (tertiary alicyclic amines) is 2. The number of benzene rings is 3. The molecule has 5 heterocycles. The highest BCUT2D eigenvalue weighted by molar-refractivity contribution is 5.90. The van der Waals surface area contributed by atoms with E-state index in [9.17, 15) is 20.3 Å². The van der Waals surface area contributed by atoms with Gasteiger partial charge in [-0.05, 0) is 117 Å². The van der Waals surface area contributed by atoms with Crippen molar-refractivity contribution in [3.05, 3.63) is 94.4 Å². The summed E-state index contributed by atoms with van der Waals surface area (Å²) in [5.74, 6) is 0.695. The van der Waals surface area contributed by atoms with Gasteiger partial charge in [0.15, 0.2) is 11.4 Å². The Morgan fingerprint density at radius 2 is 1.59 bits per heavy atom. The van der Waals surface area contributed by atoms with Gasteiger partial charge in [-0.3, -0.25) is 19.6 Å². The predicted molar refractivity (Wildman–Crippen MR) is 206 cm³/mol. The Bertz CT molecular complexity index is 2450. The zero-order valence-electron chi connectivity index (χ0n) is 30.6. The number of nitriles is 1. The standard InChI is InChI=1S/C42H42N8O4/c1-24-32(6-4-8-34(24)41-48-37-17-27(16-30(19-43)39(37)54-41)21-49-13-10-29(11-14-49)42(52)53)33-7-5-9-35(25(33)2)47-40-38-36(45-26(3)46-40)18-28(20-44-38)22-50-15-12-31(51)23-50/h4-9,16-18,20,29,31,51H,10-15,21-23H2,1-3H3,(H,52,53)(H,45,46,47)/t31-/m0/s1. The monoisotopic (exact) mass is 722 g/mol. The van der Waals surface area contributed by atoms with Crippen LogP contribution in [0.3, 0.4) is 0 Å². The number of aromatic nitrogens is 4. The molecule has 6 aromatic rings. The molecular formula is C42H42N8O4. The number of oxazole rings is 1. The zero-order chi connectivity index (χ0) is 37.5. The summed E-state index contributed by atoms with van der Waals surface area (Å²) in [6.45, 7) is 10.3. The van der Waals surface area contributed by atoms with E-state index in [4.69, 9.17) is 24.4 Å². The Hall–Kier alpha value is -5.74. The van der Waals surface area contributed by atoms with Gasteiger partial charge in [0, 0.05) is 43.6 Å². The highest BCUT2D eigenvalue weighted by Gasteiger charge is 2.25. The number of aliphatic hydroxyl groups excluding tert-OH is 1. The predicted octanol–water partition coefficient (Wildman–Crippen LogP) is 6.90. The maximum absolute atomic E-state index is 11.4. The first-order chi connectivity index (χ1) is 26.1. The smallest absolute Gasteiger partial charge is 0.306 e. The Morgan fingerprint density at radius 3 is 2.33 bits per heavy atom. The molecule has 0 bridgehead atoms. The number of nitrogens with zero attached hydrogens (tertiary/aromatic N) is 7. The number of piperidine rings is 1. The van der Waals surface area contributed by atoms with Gasteiger partial charge < -0.3 is 19.9 Å². The minimum Gasteiger partial charge on any atom is -0.481 e. The number of aryl methyl sites for hydroxylation is 1. The maximum atomic E-state index is 11.4. The molecule has 0 unspecified atom stereocenters. The van der Waals surface area contributed by atoms with Crippen LogP contribution in [-0.4, -0.2) is 78.2 Å². The van der Waals surface area contributed by atoms with E-state index in [1.54, 1.807) is 0 Å². The van der Waals surface area contributed by atoms with E-state index in [1.165, 1.54) is 0 Å². The number of aliphatic carboxylic acids is 1. The Morgan fingerprint density at radius 1 is 0.889 bits per heavy atom. The number of aliphatic hydroxyl groups is 1. The van der Waals surface area contributed by atoms with Crippen molar-refractivity contribution in [2.24, 2.45) is 5.92 Å². The van der Waals surface area contributed by atoms with Gasteiger partial charge in [0.05, 0.1) is 23.1 Å². The molecule has 2 aliphatic heterocycles. The number of β-amino-alcohol motifs (C(OH)–C–C–N with tert-alkyl or cyclic N) is 1. The van der Waals surface area contributed by atoms with Gasteiger partial charge in [-0.25, -0.2) is 15.0 Å². The van der Waals surface area contributed by atoms with Crippen LogP contribution < -0.4 is 5.32 Å². The molecule has 274 valence electrons. The highest BCUT2D eigenvalue weighted by atomic mass is 16.4. The number of rotatable bonds is 9. The van der Waals surface area contributed by atoms with Crippen molar-refractivity contribution in [2.75, 3.05) is 31.5 Å². The second-order valence-corrected chi connectivity index (χ2v) is 14.6. The fourth-order valence-electron chi connectivity index (χ4n) is 7.89. The lowest BCUT2D eigenvalue weighted by molar-refractivity contribution is -0.143. The summed E-state index contributed by atoms with van der Waals surface area (Å²) in [6.07, 6.45) is 3.62. The molecule has 1 atom stereocenters. The molecule has 54 heavy (non-hydrogen) atoms. The Labute approximate surface area is 313 Å². The molecule has 0 radical (unpaired) electrons.